The molecule has 1 aliphatic rings. The number of alkyl halides is 3. The van der Waals surface area contributed by atoms with Gasteiger partial charge in [0.15, 0.2) is 0 Å². The molecule has 0 aliphatic heterocycles. The number of nitroso groups, excluding NO2 is 1. The van der Waals surface area contributed by atoms with Crippen LogP contribution in [-0.2, 0) is 5.41 Å². The van der Waals surface area contributed by atoms with Crippen LogP contribution in [0.2, 0.25) is 0 Å². The van der Waals surface area contributed by atoms with Gasteiger partial charge in [-0.05, 0) is 18.0 Å². The summed E-state index contributed by atoms with van der Waals surface area (Å²) in [4.78, 5) is 13.3. The predicted octanol–water partition coefficient (Wildman–Crippen LogP) is 2.51. The summed E-state index contributed by atoms with van der Waals surface area (Å²) in [5, 5.41) is 12.3. The van der Waals surface area contributed by atoms with E-state index in [1.54, 1.807) is 0 Å². The lowest BCUT2D eigenvalue weighted by atomic mass is 9.95. The second-order valence-corrected chi connectivity index (χ2v) is 4.64. The zero-order valence-corrected chi connectivity index (χ0v) is 9.98. The monoisotopic (exact) mass is 289 g/mol. The third-order valence-corrected chi connectivity index (χ3v) is 3.62. The summed E-state index contributed by atoms with van der Waals surface area (Å²) >= 11 is 0. The van der Waals surface area contributed by atoms with Crippen LogP contribution in [-0.4, -0.2) is 21.8 Å². The van der Waals surface area contributed by atoms with Crippen molar-refractivity contribution in [3.8, 4) is 0 Å². The number of halogens is 3. The standard InChI is InChI=1S/C11H8F3N3O2.H2O/c12-11(13,14)10(2-3-10)6-5-15-9-8(6)7(16-18)1-4-17(9)19;/h1,4-5,19H,2-3H2;1H2. The number of rotatable bonds is 2. The zero-order valence-electron chi connectivity index (χ0n) is 9.98. The van der Waals surface area contributed by atoms with Crippen molar-refractivity contribution in [3.05, 3.63) is 28.9 Å². The number of nitrogens with one attached hydrogen (secondary N) is 1. The number of hydrogen-bond donors (Lipinski definition) is 2. The molecule has 0 amide bonds. The van der Waals surface area contributed by atoms with Gasteiger partial charge in [0.25, 0.3) is 0 Å². The van der Waals surface area contributed by atoms with E-state index in [0.717, 1.165) is 6.20 Å². The molecular formula is C11H10F3N3O3. The Morgan fingerprint density at radius 1 is 1.40 bits per heavy atom. The molecule has 0 radical (unpaired) electrons. The van der Waals surface area contributed by atoms with Crippen molar-refractivity contribution in [2.45, 2.75) is 24.4 Å². The molecule has 3 N–H and O–H groups in total. The molecule has 0 saturated heterocycles. The highest BCUT2D eigenvalue weighted by atomic mass is 19.4. The first-order valence-corrected chi connectivity index (χ1v) is 5.56. The Bertz CT molecular complexity index is 677. The minimum atomic E-state index is -4.39. The molecule has 0 bridgehead atoms. The molecular weight excluding hydrogens is 279 g/mol. The molecule has 0 atom stereocenters. The number of aromatic nitrogens is 2. The van der Waals surface area contributed by atoms with Gasteiger partial charge in [0.2, 0.25) is 0 Å². The summed E-state index contributed by atoms with van der Waals surface area (Å²) in [7, 11) is 0. The van der Waals surface area contributed by atoms with Crippen LogP contribution in [0, 0.1) is 4.91 Å². The Morgan fingerprint density at radius 2 is 2.05 bits per heavy atom. The van der Waals surface area contributed by atoms with Crippen LogP contribution in [0.5, 0.6) is 0 Å². The molecule has 1 aliphatic carbocycles. The zero-order chi connectivity index (χ0) is 13.8. The maximum absolute atomic E-state index is 13.1. The number of fused-ring (bicyclic) bond motifs is 1. The molecule has 0 spiro atoms. The summed E-state index contributed by atoms with van der Waals surface area (Å²) in [6, 6.07) is 1.18. The fourth-order valence-corrected chi connectivity index (χ4v) is 2.44. The van der Waals surface area contributed by atoms with Crippen LogP contribution in [0.3, 0.4) is 0 Å². The molecule has 2 aromatic heterocycles. The average Bonchev–Trinajstić information content (AvgIpc) is 3.04. The Kier molecular flexibility index (Phi) is 2.97. The van der Waals surface area contributed by atoms with Crippen LogP contribution >= 0.6 is 0 Å². The van der Waals surface area contributed by atoms with Crippen molar-refractivity contribution in [2.75, 3.05) is 0 Å². The normalized spacial score (nSPS) is 16.8. The second-order valence-electron chi connectivity index (χ2n) is 4.64. The first-order valence-electron chi connectivity index (χ1n) is 5.56. The van der Waals surface area contributed by atoms with Crippen LogP contribution in [0.1, 0.15) is 18.4 Å². The van der Waals surface area contributed by atoms with Crippen LogP contribution < -0.4 is 4.73 Å². The Hall–Kier alpha value is -2.16. The molecule has 3 rings (SSSR count). The Labute approximate surface area is 110 Å². The summed E-state index contributed by atoms with van der Waals surface area (Å²) in [5.74, 6) is 0. The summed E-state index contributed by atoms with van der Waals surface area (Å²) in [6.07, 6.45) is -2.11. The first kappa shape index (κ1) is 14.3. The average molecular weight is 289 g/mol. The second kappa shape index (κ2) is 4.17. The topological polar surface area (TPSA) is 99.3 Å². The number of aromatic amines is 1. The van der Waals surface area contributed by atoms with Gasteiger partial charge in [0.05, 0.1) is 11.6 Å². The first-order chi connectivity index (χ1) is 8.90. The number of hydrogen-bond acceptors (Lipinski definition) is 4. The van der Waals surface area contributed by atoms with E-state index in [1.165, 1.54) is 12.3 Å². The van der Waals surface area contributed by atoms with E-state index in [9.17, 15) is 23.3 Å². The molecule has 0 unspecified atom stereocenters. The minimum absolute atomic E-state index is 0. The molecule has 1 fully saturated rings. The Balaban J connectivity index is 0.00000147. The lowest BCUT2D eigenvalue weighted by Gasteiger charge is -2.17. The van der Waals surface area contributed by atoms with Crippen molar-refractivity contribution in [3.63, 3.8) is 0 Å². The molecule has 1 saturated carbocycles. The maximum Gasteiger partial charge on any atom is 0.398 e. The van der Waals surface area contributed by atoms with Gasteiger partial charge < -0.3 is 10.7 Å². The van der Waals surface area contributed by atoms with Gasteiger partial charge in [-0.2, -0.15) is 13.2 Å². The van der Waals surface area contributed by atoms with Gasteiger partial charge in [-0.25, -0.2) is 4.98 Å². The van der Waals surface area contributed by atoms with Gasteiger partial charge in [0.1, 0.15) is 17.3 Å². The van der Waals surface area contributed by atoms with E-state index >= 15 is 0 Å². The maximum atomic E-state index is 13.1. The van der Waals surface area contributed by atoms with Crippen molar-refractivity contribution < 1.29 is 28.6 Å². The van der Waals surface area contributed by atoms with E-state index in [2.05, 4.69) is 10.2 Å². The van der Waals surface area contributed by atoms with Gasteiger partial charge in [-0.1, -0.05) is 4.73 Å². The van der Waals surface area contributed by atoms with Crippen LogP contribution in [0.15, 0.2) is 23.6 Å². The molecule has 2 heterocycles. The van der Waals surface area contributed by atoms with Gasteiger partial charge >= 0.3 is 11.8 Å². The largest absolute Gasteiger partial charge is 0.870 e. The molecule has 9 heteroatoms. The van der Waals surface area contributed by atoms with Gasteiger partial charge in [-0.15, -0.1) is 4.91 Å². The van der Waals surface area contributed by atoms with E-state index in [4.69, 9.17) is 0 Å². The van der Waals surface area contributed by atoms with Gasteiger partial charge in [-0.3, -0.25) is 0 Å². The molecule has 2 aromatic rings. The van der Waals surface area contributed by atoms with Gasteiger partial charge in [0, 0.05) is 11.6 Å². The molecule has 6 nitrogen and oxygen atoms in total. The smallest absolute Gasteiger partial charge is 0.398 e. The van der Waals surface area contributed by atoms with Crippen LogP contribution in [0.25, 0.3) is 11.0 Å². The Morgan fingerprint density at radius 3 is 2.55 bits per heavy atom. The highest BCUT2D eigenvalue weighted by Crippen LogP contribution is 2.60. The van der Waals surface area contributed by atoms with E-state index < -0.39 is 11.6 Å². The van der Waals surface area contributed by atoms with E-state index in [1.807, 2.05) is 0 Å². The fourth-order valence-electron chi connectivity index (χ4n) is 2.44. The van der Waals surface area contributed by atoms with Crippen LogP contribution in [0.4, 0.5) is 18.9 Å². The quantitative estimate of drug-likeness (QED) is 0.504. The highest BCUT2D eigenvalue weighted by molar-refractivity contribution is 5.90. The highest BCUT2D eigenvalue weighted by Gasteiger charge is 2.65. The number of H-pyrrole nitrogens is 1. The number of nitrogens with zero attached hydrogens (tertiary/aromatic N) is 2. The molecule has 0 aromatic carbocycles. The fraction of sp³-hybridized carbons (Fsp3) is 0.364. The van der Waals surface area contributed by atoms with E-state index in [-0.39, 0.29) is 40.6 Å². The predicted molar refractivity (Wildman–Crippen MR) is 60.0 cm³/mol. The number of pyridine rings is 1. The van der Waals surface area contributed by atoms with Crippen molar-refractivity contribution >= 4 is 16.7 Å². The molecule has 20 heavy (non-hydrogen) atoms. The van der Waals surface area contributed by atoms with E-state index in [0.29, 0.717) is 4.73 Å². The van der Waals surface area contributed by atoms with Crippen molar-refractivity contribution in [1.82, 2.24) is 4.98 Å². The lowest BCUT2D eigenvalue weighted by molar-refractivity contribution is -0.885. The summed E-state index contributed by atoms with van der Waals surface area (Å²) in [6.45, 7) is 0. The molecule has 108 valence electrons. The summed E-state index contributed by atoms with van der Waals surface area (Å²) in [5.41, 5.74) is -2.05. The minimum Gasteiger partial charge on any atom is -0.870 e. The van der Waals surface area contributed by atoms with Crippen molar-refractivity contribution in [2.24, 2.45) is 5.18 Å². The third-order valence-electron chi connectivity index (χ3n) is 3.62. The van der Waals surface area contributed by atoms with Crippen molar-refractivity contribution in [1.29, 1.82) is 0 Å². The lowest BCUT2D eigenvalue weighted by Crippen LogP contribution is -2.31. The third kappa shape index (κ3) is 1.66. The summed E-state index contributed by atoms with van der Waals surface area (Å²) < 4.78 is 40.0. The SMILES string of the molecule is O=Nc1cc[n+](O)c2[nH]cc(C3(C(F)(F)F)CC3)c12.[OH-].